The molecule has 0 atom stereocenters. The summed E-state index contributed by atoms with van der Waals surface area (Å²) in [5.74, 6) is -1.18. The summed E-state index contributed by atoms with van der Waals surface area (Å²) in [7, 11) is 1.40. The molecule has 1 aromatic heterocycles. The fraction of sp³-hybridized carbons (Fsp3) is 0.393. The Hall–Kier alpha value is -3.95. The number of ketones is 2. The number of piperazine rings is 1. The highest BCUT2D eigenvalue weighted by Gasteiger charge is 2.36. The Morgan fingerprint density at radius 3 is 2.67 bits per heavy atom. The molecule has 3 aromatic rings. The van der Waals surface area contributed by atoms with Gasteiger partial charge in [-0.1, -0.05) is 6.07 Å². The van der Waals surface area contributed by atoms with Crippen LogP contribution in [0.5, 0.6) is 0 Å². The normalized spacial score (nSPS) is 15.8. The molecule has 2 aromatic carbocycles. The van der Waals surface area contributed by atoms with Gasteiger partial charge in [0.15, 0.2) is 0 Å². The summed E-state index contributed by atoms with van der Waals surface area (Å²) < 4.78 is 1.15. The van der Waals surface area contributed by atoms with Crippen molar-refractivity contribution in [1.29, 1.82) is 0 Å². The maximum atomic E-state index is 13.6. The van der Waals surface area contributed by atoms with Crippen LogP contribution in [0.25, 0.3) is 10.2 Å². The summed E-state index contributed by atoms with van der Waals surface area (Å²) in [4.78, 5) is 50.2. The highest BCUT2D eigenvalue weighted by molar-refractivity contribution is 7.18. The Kier molecular flexibility index (Phi) is 9.09. The van der Waals surface area contributed by atoms with Crippen molar-refractivity contribution in [1.82, 2.24) is 25.8 Å². The van der Waals surface area contributed by atoms with Gasteiger partial charge in [-0.25, -0.2) is 4.98 Å². The first-order valence-electron chi connectivity index (χ1n) is 13.8. The summed E-state index contributed by atoms with van der Waals surface area (Å²) in [6.45, 7) is 7.36. The van der Waals surface area contributed by atoms with Gasteiger partial charge in [0, 0.05) is 56.5 Å². The van der Waals surface area contributed by atoms with Gasteiger partial charge in [0.25, 0.3) is 5.69 Å². The molecule has 2 aliphatic rings. The van der Waals surface area contributed by atoms with Crippen LogP contribution in [0.3, 0.4) is 0 Å². The number of allylic oxidation sites excluding steroid dienone is 2. The first-order valence-corrected chi connectivity index (χ1v) is 14.6. The van der Waals surface area contributed by atoms with Crippen LogP contribution >= 0.6 is 11.3 Å². The Balaban J connectivity index is 1.31. The standard InChI is InChI=1S/C28H34N8O5S/c1-3-31-20-14-18-19(15-22(20)36(39)40)27(37)25(29)26(28(18)38)35(33-41-2)10-4-5-17-6-7-23-21(13-17)32-24(42-23)16-34-11-8-30-9-12-34/h6-7,13-15,30-31,33H,3-5,8-12,16,29H2,1-2H3. The molecule has 2 heterocycles. The van der Waals surface area contributed by atoms with E-state index in [0.717, 1.165) is 59.6 Å². The molecule has 5 N–H and O–H groups in total. The number of hydrazine groups is 1. The lowest BCUT2D eigenvalue weighted by Gasteiger charge is -2.29. The van der Waals surface area contributed by atoms with Crippen LogP contribution in [0, 0.1) is 10.1 Å². The molecule has 0 bridgehead atoms. The van der Waals surface area contributed by atoms with Gasteiger partial charge < -0.3 is 16.4 Å². The molecule has 1 aliphatic heterocycles. The van der Waals surface area contributed by atoms with E-state index in [1.165, 1.54) is 18.2 Å². The van der Waals surface area contributed by atoms with E-state index in [0.29, 0.717) is 25.9 Å². The van der Waals surface area contributed by atoms with Gasteiger partial charge in [-0.15, -0.1) is 16.9 Å². The number of hydrogen-bond acceptors (Lipinski definition) is 13. The first kappa shape index (κ1) is 29.5. The quantitative estimate of drug-likeness (QED) is 0.179. The maximum Gasteiger partial charge on any atom is 0.293 e. The number of nitrogens with one attached hydrogen (secondary N) is 3. The van der Waals surface area contributed by atoms with Crippen LogP contribution in [0.2, 0.25) is 0 Å². The zero-order valence-electron chi connectivity index (χ0n) is 23.6. The zero-order chi connectivity index (χ0) is 29.8. The third-order valence-electron chi connectivity index (χ3n) is 7.29. The van der Waals surface area contributed by atoms with Gasteiger partial charge >= 0.3 is 0 Å². The van der Waals surface area contributed by atoms with E-state index < -0.39 is 16.5 Å². The number of nitrogens with zero attached hydrogens (tertiary/aromatic N) is 4. The number of carbonyl (C=O) groups excluding carboxylic acids is 2. The van der Waals surface area contributed by atoms with E-state index in [-0.39, 0.29) is 33.9 Å². The lowest BCUT2D eigenvalue weighted by atomic mass is 9.89. The molecule has 222 valence electrons. The van der Waals surface area contributed by atoms with Crippen LogP contribution in [0.4, 0.5) is 11.4 Å². The highest BCUT2D eigenvalue weighted by atomic mass is 32.1. The Bertz CT molecular complexity index is 1550. The van der Waals surface area contributed by atoms with E-state index in [4.69, 9.17) is 15.6 Å². The van der Waals surface area contributed by atoms with Crippen molar-refractivity contribution in [2.24, 2.45) is 5.73 Å². The summed E-state index contributed by atoms with van der Waals surface area (Å²) in [5, 5.41) is 20.4. The minimum atomic E-state index is -0.653. The van der Waals surface area contributed by atoms with E-state index >= 15 is 0 Å². The molecule has 1 aliphatic carbocycles. The van der Waals surface area contributed by atoms with E-state index in [9.17, 15) is 19.7 Å². The van der Waals surface area contributed by atoms with Crippen molar-refractivity contribution in [2.75, 3.05) is 51.7 Å². The number of nitrogens with two attached hydrogens (primary N) is 1. The smallest absolute Gasteiger partial charge is 0.293 e. The number of thiazole rings is 1. The Morgan fingerprint density at radius 1 is 1.19 bits per heavy atom. The number of fused-ring (bicyclic) bond motifs is 2. The van der Waals surface area contributed by atoms with Crippen molar-refractivity contribution in [3.8, 4) is 0 Å². The number of nitro groups is 1. The van der Waals surface area contributed by atoms with Gasteiger partial charge in [-0.2, -0.15) is 0 Å². The fourth-order valence-corrected chi connectivity index (χ4v) is 6.27. The maximum absolute atomic E-state index is 13.6. The Labute approximate surface area is 246 Å². The SMILES string of the molecule is CCNc1cc2c(cc1[N+](=O)[O-])C(=O)C(N)=C(N(CCCc1ccc3sc(CN4CCNCC4)nc3c1)NOC)C2=O. The number of benzene rings is 2. The number of carbonyl (C=O) groups is 2. The van der Waals surface area contributed by atoms with Gasteiger partial charge in [-0.05, 0) is 43.5 Å². The van der Waals surface area contributed by atoms with E-state index in [2.05, 4.69) is 39.3 Å². The van der Waals surface area contributed by atoms with Crippen molar-refractivity contribution < 1.29 is 19.3 Å². The number of hydrogen-bond donors (Lipinski definition) is 4. The minimum Gasteiger partial charge on any atom is -0.394 e. The van der Waals surface area contributed by atoms with Crippen LogP contribution in [-0.4, -0.2) is 77.8 Å². The van der Waals surface area contributed by atoms with Crippen LogP contribution in [-0.2, 0) is 17.8 Å². The molecule has 0 radical (unpaired) electrons. The average Bonchev–Trinajstić information content (AvgIpc) is 3.38. The Morgan fingerprint density at radius 2 is 1.95 bits per heavy atom. The van der Waals surface area contributed by atoms with E-state index in [1.807, 2.05) is 0 Å². The number of anilines is 1. The van der Waals surface area contributed by atoms with Crippen molar-refractivity contribution in [3.05, 3.63) is 73.5 Å². The summed E-state index contributed by atoms with van der Waals surface area (Å²) in [5.41, 5.74) is 10.3. The predicted octanol–water partition coefficient (Wildman–Crippen LogP) is 2.59. The largest absolute Gasteiger partial charge is 0.394 e. The molecule has 14 heteroatoms. The third-order valence-corrected chi connectivity index (χ3v) is 8.31. The topological polar surface area (TPSA) is 168 Å². The monoisotopic (exact) mass is 594 g/mol. The van der Waals surface area contributed by atoms with Crippen molar-refractivity contribution in [2.45, 2.75) is 26.3 Å². The fourth-order valence-electron chi connectivity index (χ4n) is 5.28. The molecule has 42 heavy (non-hydrogen) atoms. The number of aromatic nitrogens is 1. The molecule has 1 fully saturated rings. The molecule has 13 nitrogen and oxygen atoms in total. The molecule has 1 saturated heterocycles. The summed E-state index contributed by atoms with van der Waals surface area (Å²) in [6.07, 6.45) is 1.29. The second-order valence-electron chi connectivity index (χ2n) is 10.1. The van der Waals surface area contributed by atoms with Gasteiger partial charge in [-0.3, -0.25) is 34.4 Å². The number of aryl methyl sites for hydroxylation is 1. The van der Waals surface area contributed by atoms with Crippen LogP contribution in [0.15, 0.2) is 41.7 Å². The second kappa shape index (κ2) is 12.9. The molecule has 0 unspecified atom stereocenters. The molecule has 0 amide bonds. The first-order chi connectivity index (χ1) is 20.3. The van der Waals surface area contributed by atoms with Gasteiger partial charge in [0.1, 0.15) is 22.1 Å². The highest BCUT2D eigenvalue weighted by Crippen LogP contribution is 2.34. The molecule has 5 rings (SSSR count). The lowest BCUT2D eigenvalue weighted by molar-refractivity contribution is -0.384. The number of nitro benzene ring substituents is 1. The number of rotatable bonds is 12. The molecular formula is C28H34N8O5S. The number of Topliss-reactive ketones (excluding diaryl/α,β-unsaturated/α-hetero) is 2. The van der Waals surface area contributed by atoms with Crippen LogP contribution < -0.4 is 22.0 Å². The van der Waals surface area contributed by atoms with Gasteiger partial charge in [0.05, 0.1) is 28.8 Å². The average molecular weight is 595 g/mol. The predicted molar refractivity (Wildman–Crippen MR) is 160 cm³/mol. The second-order valence-corrected chi connectivity index (χ2v) is 11.2. The molecule has 0 saturated carbocycles. The zero-order valence-corrected chi connectivity index (χ0v) is 24.4. The lowest BCUT2D eigenvalue weighted by Crippen LogP contribution is -2.44. The summed E-state index contributed by atoms with van der Waals surface area (Å²) >= 11 is 1.72. The molecule has 0 spiro atoms. The third kappa shape index (κ3) is 6.12. The van der Waals surface area contributed by atoms with Gasteiger partial charge in [0.2, 0.25) is 11.6 Å². The van der Waals surface area contributed by atoms with Crippen molar-refractivity contribution >= 4 is 44.5 Å². The minimum absolute atomic E-state index is 0.0410. The molecular weight excluding hydrogens is 560 g/mol. The van der Waals surface area contributed by atoms with E-state index in [1.54, 1.807) is 18.3 Å². The van der Waals surface area contributed by atoms with Crippen LogP contribution in [0.1, 0.15) is 44.6 Å². The van der Waals surface area contributed by atoms with Crippen molar-refractivity contribution in [3.63, 3.8) is 0 Å². The summed E-state index contributed by atoms with van der Waals surface area (Å²) in [6, 6.07) is 8.72.